The first kappa shape index (κ1) is 26.3. The van der Waals surface area contributed by atoms with Crippen molar-refractivity contribution >= 4 is 5.97 Å². The maximum atomic E-state index is 13.2. The molecule has 8 nitrogen and oxygen atoms in total. The molecule has 208 valence electrons. The Hall–Kier alpha value is -3.91. The van der Waals surface area contributed by atoms with Gasteiger partial charge in [-0.1, -0.05) is 73.7 Å². The van der Waals surface area contributed by atoms with Crippen molar-refractivity contribution in [2.75, 3.05) is 13.3 Å². The summed E-state index contributed by atoms with van der Waals surface area (Å²) < 4.78 is 24.0. The van der Waals surface area contributed by atoms with Gasteiger partial charge in [0, 0.05) is 12.3 Å². The molecule has 1 saturated heterocycles. The van der Waals surface area contributed by atoms with Crippen molar-refractivity contribution in [1.29, 1.82) is 0 Å². The molecule has 3 aromatic rings. The van der Waals surface area contributed by atoms with E-state index in [0.717, 1.165) is 36.0 Å². The molecular weight excluding hydrogens is 510 g/mol. The fraction of sp³-hybridized carbons (Fsp3) is 0.406. The molecule has 0 amide bonds. The van der Waals surface area contributed by atoms with Gasteiger partial charge in [0.1, 0.15) is 5.41 Å². The number of fused-ring (bicyclic) bond motifs is 1. The lowest BCUT2D eigenvalue weighted by molar-refractivity contribution is -0.843. The fourth-order valence-electron chi connectivity index (χ4n) is 6.83. The lowest BCUT2D eigenvalue weighted by Gasteiger charge is -2.43. The van der Waals surface area contributed by atoms with Crippen LogP contribution in [0.25, 0.3) is 0 Å². The number of hydrogen-bond donors (Lipinski definition) is 0. The van der Waals surface area contributed by atoms with E-state index >= 15 is 0 Å². The highest BCUT2D eigenvalue weighted by atomic mass is 16.9. The normalized spacial score (nSPS) is 26.8. The second-order valence-corrected chi connectivity index (χ2v) is 10.8. The van der Waals surface area contributed by atoms with Crippen molar-refractivity contribution in [3.8, 4) is 11.5 Å². The van der Waals surface area contributed by atoms with Gasteiger partial charge in [-0.3, -0.25) is 4.79 Å². The predicted molar refractivity (Wildman–Crippen MR) is 146 cm³/mol. The van der Waals surface area contributed by atoms with Crippen molar-refractivity contribution in [3.05, 3.63) is 100 Å². The zero-order valence-corrected chi connectivity index (χ0v) is 22.8. The maximum Gasteiger partial charge on any atom is 0.313 e. The standard InChI is InChI=1S/C32H34NO7/c1-3-31(25-16-17-26-27(19-25)37-21-36-26)20-33(35)40-30(29(31)38-22(2)34)39-28-15-10-18-32(28,23-11-6-4-7-12-23)24-13-8-5-9-14-24/h4-9,11-14,16-17,19,28-30H,3,10,15,18,20-21H2,1-2H3/q+1. The highest BCUT2D eigenvalue weighted by Crippen LogP contribution is 2.50. The summed E-state index contributed by atoms with van der Waals surface area (Å²) in [4.78, 5) is 32.1. The molecule has 0 radical (unpaired) electrons. The second kappa shape index (κ2) is 10.6. The molecule has 3 aliphatic rings. The van der Waals surface area contributed by atoms with Gasteiger partial charge in [-0.2, -0.15) is 4.84 Å². The molecule has 0 N–H and O–H groups in total. The van der Waals surface area contributed by atoms with E-state index in [2.05, 4.69) is 24.3 Å². The Morgan fingerprint density at radius 1 is 0.950 bits per heavy atom. The molecule has 8 heteroatoms. The summed E-state index contributed by atoms with van der Waals surface area (Å²) in [7, 11) is 0. The van der Waals surface area contributed by atoms with Crippen LogP contribution in [0.1, 0.15) is 56.2 Å². The van der Waals surface area contributed by atoms with E-state index in [-0.39, 0.29) is 19.4 Å². The first-order valence-electron chi connectivity index (χ1n) is 13.9. The Labute approximate surface area is 233 Å². The Kier molecular flexibility index (Phi) is 6.96. The maximum absolute atomic E-state index is 13.2. The van der Waals surface area contributed by atoms with E-state index in [1.165, 1.54) is 6.92 Å². The van der Waals surface area contributed by atoms with Gasteiger partial charge in [0.15, 0.2) is 17.6 Å². The van der Waals surface area contributed by atoms with Crippen LogP contribution < -0.4 is 9.47 Å². The average molecular weight is 545 g/mol. The Balaban J connectivity index is 1.42. The minimum Gasteiger partial charge on any atom is -0.454 e. The van der Waals surface area contributed by atoms with Gasteiger partial charge in [0.05, 0.1) is 11.0 Å². The van der Waals surface area contributed by atoms with E-state index in [4.69, 9.17) is 23.8 Å². The molecule has 2 heterocycles. The Morgan fingerprint density at radius 2 is 1.62 bits per heavy atom. The molecule has 1 aliphatic carbocycles. The lowest BCUT2D eigenvalue weighted by Crippen LogP contribution is -2.61. The minimum absolute atomic E-state index is 0.0336. The van der Waals surface area contributed by atoms with Crippen molar-refractivity contribution in [3.63, 3.8) is 0 Å². The van der Waals surface area contributed by atoms with Gasteiger partial charge in [0.25, 0.3) is 6.54 Å². The molecule has 2 fully saturated rings. The number of hydrogen-bond acceptors (Lipinski definition) is 7. The van der Waals surface area contributed by atoms with Crippen LogP contribution in [0.2, 0.25) is 0 Å². The highest BCUT2D eigenvalue weighted by Gasteiger charge is 2.60. The molecule has 0 bridgehead atoms. The molecule has 4 atom stereocenters. The van der Waals surface area contributed by atoms with Crippen LogP contribution >= 0.6 is 0 Å². The summed E-state index contributed by atoms with van der Waals surface area (Å²) in [6.45, 7) is 3.45. The minimum atomic E-state index is -1.12. The average Bonchev–Trinajstić information content (AvgIpc) is 3.62. The third-order valence-corrected chi connectivity index (χ3v) is 8.76. The third-order valence-electron chi connectivity index (χ3n) is 8.76. The molecule has 6 rings (SSSR count). The topological polar surface area (TPSA) is 83.3 Å². The molecule has 40 heavy (non-hydrogen) atoms. The van der Waals surface area contributed by atoms with Crippen LogP contribution in [0.4, 0.5) is 0 Å². The SMILES string of the molecule is CCC1(c2ccc3c(c2)OCO3)C[N+](=O)OC(OC2CCCC2(c2ccccc2)c2ccccc2)C1OC(C)=O. The summed E-state index contributed by atoms with van der Waals surface area (Å²) in [6.07, 6.45) is 0.762. The smallest absolute Gasteiger partial charge is 0.313 e. The summed E-state index contributed by atoms with van der Waals surface area (Å²) in [6, 6.07) is 26.3. The van der Waals surface area contributed by atoms with Crippen LogP contribution in [0.15, 0.2) is 78.9 Å². The first-order valence-corrected chi connectivity index (χ1v) is 13.9. The molecule has 2 aliphatic heterocycles. The van der Waals surface area contributed by atoms with Gasteiger partial charge < -0.3 is 18.9 Å². The van der Waals surface area contributed by atoms with Gasteiger partial charge in [-0.05, 0) is 54.5 Å². The van der Waals surface area contributed by atoms with Crippen molar-refractivity contribution in [2.24, 2.45) is 0 Å². The summed E-state index contributed by atoms with van der Waals surface area (Å²) in [5.41, 5.74) is 1.72. The van der Waals surface area contributed by atoms with E-state index in [9.17, 15) is 9.70 Å². The first-order chi connectivity index (χ1) is 19.5. The molecule has 0 aromatic heterocycles. The number of benzene rings is 3. The predicted octanol–water partition coefficient (Wildman–Crippen LogP) is 5.60. The molecule has 3 aromatic carbocycles. The van der Waals surface area contributed by atoms with Gasteiger partial charge in [-0.25, -0.2) is 0 Å². The van der Waals surface area contributed by atoms with Crippen LogP contribution in [0.5, 0.6) is 11.5 Å². The Bertz CT molecular complexity index is 1340. The van der Waals surface area contributed by atoms with Crippen LogP contribution in [0, 0.1) is 4.91 Å². The third kappa shape index (κ3) is 4.40. The monoisotopic (exact) mass is 544 g/mol. The zero-order valence-electron chi connectivity index (χ0n) is 22.8. The second-order valence-electron chi connectivity index (χ2n) is 10.8. The number of rotatable bonds is 7. The van der Waals surface area contributed by atoms with Gasteiger partial charge in [0.2, 0.25) is 11.7 Å². The van der Waals surface area contributed by atoms with Gasteiger partial charge in [-0.15, -0.1) is 0 Å². The van der Waals surface area contributed by atoms with Crippen LogP contribution in [-0.4, -0.2) is 42.7 Å². The number of nitrogens with zero attached hydrogens (tertiary/aromatic N) is 1. The summed E-state index contributed by atoms with van der Waals surface area (Å²) in [5.74, 6) is 0.763. The molecular formula is C32H34NO7+. The van der Waals surface area contributed by atoms with Crippen LogP contribution in [0.3, 0.4) is 0 Å². The van der Waals surface area contributed by atoms with E-state index in [1.807, 2.05) is 61.5 Å². The molecule has 4 unspecified atom stereocenters. The molecule has 0 spiro atoms. The van der Waals surface area contributed by atoms with Gasteiger partial charge >= 0.3 is 12.3 Å². The van der Waals surface area contributed by atoms with E-state index in [1.54, 1.807) is 0 Å². The number of carbonyl (C=O) groups excluding carboxylic acids is 1. The fourth-order valence-corrected chi connectivity index (χ4v) is 6.83. The van der Waals surface area contributed by atoms with E-state index < -0.39 is 29.2 Å². The Morgan fingerprint density at radius 3 is 2.27 bits per heavy atom. The zero-order chi connectivity index (χ0) is 27.7. The number of carbonyl (C=O) groups is 1. The molecule has 1 saturated carbocycles. The van der Waals surface area contributed by atoms with Crippen LogP contribution in [-0.2, 0) is 29.9 Å². The van der Waals surface area contributed by atoms with Crippen molar-refractivity contribution in [2.45, 2.75) is 68.9 Å². The highest BCUT2D eigenvalue weighted by molar-refractivity contribution is 5.66. The quantitative estimate of drug-likeness (QED) is 0.358. The summed E-state index contributed by atoms with van der Waals surface area (Å²) >= 11 is 0. The van der Waals surface area contributed by atoms with Crippen molar-refractivity contribution in [1.82, 2.24) is 0 Å². The number of esters is 1. The van der Waals surface area contributed by atoms with Crippen molar-refractivity contribution < 1.29 is 33.5 Å². The largest absolute Gasteiger partial charge is 0.454 e. The number of ether oxygens (including phenoxy) is 4. The van der Waals surface area contributed by atoms with E-state index in [0.29, 0.717) is 22.8 Å². The summed E-state index contributed by atoms with van der Waals surface area (Å²) in [5, 5.41) is 0. The lowest BCUT2D eigenvalue weighted by atomic mass is 9.71.